The number of urea groups is 1. The zero-order valence-electron chi connectivity index (χ0n) is 17.1. The second kappa shape index (κ2) is 8.79. The predicted octanol–water partition coefficient (Wildman–Crippen LogP) is 3.40. The highest BCUT2D eigenvalue weighted by atomic mass is 19.1. The highest BCUT2D eigenvalue weighted by Crippen LogP contribution is 2.30. The van der Waals surface area contributed by atoms with Crippen LogP contribution in [0.25, 0.3) is 0 Å². The van der Waals surface area contributed by atoms with Gasteiger partial charge < -0.3 is 29.7 Å². The number of fused-ring (bicyclic) bond motifs is 1. The molecule has 0 saturated carbocycles. The molecule has 2 N–H and O–H groups in total. The number of carbonyl (C=O) groups is 1. The zero-order chi connectivity index (χ0) is 21.1. The van der Waals surface area contributed by atoms with Crippen LogP contribution in [0.5, 0.6) is 11.5 Å². The molecule has 7 nitrogen and oxygen atoms in total. The van der Waals surface area contributed by atoms with E-state index in [0.717, 1.165) is 0 Å². The molecule has 3 unspecified atom stereocenters. The Morgan fingerprint density at radius 2 is 1.87 bits per heavy atom. The Morgan fingerprint density at radius 3 is 2.60 bits per heavy atom. The first kappa shape index (κ1) is 20.3. The fourth-order valence-corrected chi connectivity index (χ4v) is 3.76. The molecular formula is C22H26FN3O4. The number of para-hydroxylation sites is 2. The van der Waals surface area contributed by atoms with Crippen molar-refractivity contribution in [2.75, 3.05) is 36.5 Å². The zero-order valence-corrected chi connectivity index (χ0v) is 17.1. The molecule has 0 aliphatic carbocycles. The summed E-state index contributed by atoms with van der Waals surface area (Å²) in [6, 6.07) is 11.7. The first-order valence-electron chi connectivity index (χ1n) is 10.1. The van der Waals surface area contributed by atoms with E-state index in [1.165, 1.54) is 6.07 Å². The highest BCUT2D eigenvalue weighted by molar-refractivity contribution is 5.89. The SMILES string of the molecule is CC1CN(c2ccc(NC(=O)NCC3COc4ccccc4O3)cc2F)CC(C)O1. The molecular weight excluding hydrogens is 389 g/mol. The van der Waals surface area contributed by atoms with Crippen molar-refractivity contribution in [1.29, 1.82) is 0 Å². The van der Waals surface area contributed by atoms with Crippen LogP contribution >= 0.6 is 0 Å². The first-order chi connectivity index (χ1) is 14.5. The second-order valence-electron chi connectivity index (χ2n) is 7.66. The first-order valence-corrected chi connectivity index (χ1v) is 10.1. The molecule has 4 rings (SSSR count). The Bertz CT molecular complexity index is 900. The van der Waals surface area contributed by atoms with Gasteiger partial charge in [0.05, 0.1) is 24.4 Å². The van der Waals surface area contributed by atoms with Gasteiger partial charge in [0.1, 0.15) is 12.4 Å². The lowest BCUT2D eigenvalue weighted by Gasteiger charge is -2.37. The van der Waals surface area contributed by atoms with Gasteiger partial charge >= 0.3 is 6.03 Å². The van der Waals surface area contributed by atoms with E-state index in [2.05, 4.69) is 10.6 Å². The molecule has 0 radical (unpaired) electrons. The van der Waals surface area contributed by atoms with Crippen LogP contribution in [0.4, 0.5) is 20.6 Å². The summed E-state index contributed by atoms with van der Waals surface area (Å²) in [6.07, 6.45) is -0.223. The number of morpholine rings is 1. The Labute approximate surface area is 175 Å². The predicted molar refractivity (Wildman–Crippen MR) is 112 cm³/mol. The molecule has 30 heavy (non-hydrogen) atoms. The number of anilines is 2. The molecule has 0 bridgehead atoms. The number of rotatable bonds is 4. The Morgan fingerprint density at radius 1 is 1.13 bits per heavy atom. The summed E-state index contributed by atoms with van der Waals surface area (Å²) in [5.41, 5.74) is 0.892. The van der Waals surface area contributed by atoms with Crippen molar-refractivity contribution in [3.05, 3.63) is 48.3 Å². The smallest absolute Gasteiger partial charge is 0.319 e. The van der Waals surface area contributed by atoms with Gasteiger partial charge in [0, 0.05) is 18.8 Å². The van der Waals surface area contributed by atoms with Crippen molar-refractivity contribution in [3.8, 4) is 11.5 Å². The highest BCUT2D eigenvalue weighted by Gasteiger charge is 2.25. The van der Waals surface area contributed by atoms with Gasteiger partial charge in [-0.25, -0.2) is 9.18 Å². The van der Waals surface area contributed by atoms with Gasteiger partial charge in [0.15, 0.2) is 17.6 Å². The van der Waals surface area contributed by atoms with Crippen molar-refractivity contribution in [2.24, 2.45) is 0 Å². The lowest BCUT2D eigenvalue weighted by molar-refractivity contribution is -0.00539. The average Bonchev–Trinajstić information content (AvgIpc) is 2.71. The molecule has 1 saturated heterocycles. The number of benzene rings is 2. The van der Waals surface area contributed by atoms with Crippen molar-refractivity contribution >= 4 is 17.4 Å². The summed E-state index contributed by atoms with van der Waals surface area (Å²) < 4.78 is 31.8. The third-order valence-electron chi connectivity index (χ3n) is 5.02. The number of ether oxygens (including phenoxy) is 3. The van der Waals surface area contributed by atoms with E-state index in [0.29, 0.717) is 42.6 Å². The molecule has 160 valence electrons. The molecule has 3 atom stereocenters. The van der Waals surface area contributed by atoms with Crippen LogP contribution in [0.2, 0.25) is 0 Å². The van der Waals surface area contributed by atoms with Gasteiger partial charge in [0.25, 0.3) is 0 Å². The van der Waals surface area contributed by atoms with Crippen molar-refractivity contribution in [3.63, 3.8) is 0 Å². The molecule has 2 aliphatic rings. The minimum Gasteiger partial charge on any atom is -0.486 e. The van der Waals surface area contributed by atoms with Gasteiger partial charge in [-0.2, -0.15) is 0 Å². The number of nitrogens with zero attached hydrogens (tertiary/aromatic N) is 1. The van der Waals surface area contributed by atoms with Crippen LogP contribution in [0.1, 0.15) is 13.8 Å². The van der Waals surface area contributed by atoms with Gasteiger partial charge in [-0.05, 0) is 44.2 Å². The maximum atomic E-state index is 14.7. The van der Waals surface area contributed by atoms with Crippen molar-refractivity contribution in [1.82, 2.24) is 5.32 Å². The molecule has 0 aromatic heterocycles. The molecule has 1 fully saturated rings. The molecule has 2 aromatic rings. The normalized spacial score (nSPS) is 23.0. The maximum absolute atomic E-state index is 14.7. The number of nitrogens with one attached hydrogen (secondary N) is 2. The molecule has 8 heteroatoms. The van der Waals surface area contributed by atoms with E-state index in [4.69, 9.17) is 14.2 Å². The van der Waals surface area contributed by atoms with E-state index < -0.39 is 6.03 Å². The number of hydrogen-bond donors (Lipinski definition) is 2. The quantitative estimate of drug-likeness (QED) is 0.801. The summed E-state index contributed by atoms with van der Waals surface area (Å²) >= 11 is 0. The monoisotopic (exact) mass is 415 g/mol. The molecule has 2 aliphatic heterocycles. The Balaban J connectivity index is 1.30. The van der Waals surface area contributed by atoms with E-state index in [-0.39, 0.29) is 30.7 Å². The maximum Gasteiger partial charge on any atom is 0.319 e. The number of halogens is 1. The van der Waals surface area contributed by atoms with E-state index in [1.807, 2.05) is 43.0 Å². The van der Waals surface area contributed by atoms with E-state index in [9.17, 15) is 9.18 Å². The van der Waals surface area contributed by atoms with Crippen LogP contribution < -0.4 is 25.0 Å². The summed E-state index contributed by atoms with van der Waals surface area (Å²) in [7, 11) is 0. The van der Waals surface area contributed by atoms with E-state index in [1.54, 1.807) is 12.1 Å². The summed E-state index contributed by atoms with van der Waals surface area (Å²) in [5.74, 6) is 0.966. The molecule has 2 amide bonds. The lowest BCUT2D eigenvalue weighted by Crippen LogP contribution is -2.45. The van der Waals surface area contributed by atoms with Gasteiger partial charge in [-0.15, -0.1) is 0 Å². The average molecular weight is 415 g/mol. The summed E-state index contributed by atoms with van der Waals surface area (Å²) in [4.78, 5) is 14.2. The number of hydrogen-bond acceptors (Lipinski definition) is 5. The topological polar surface area (TPSA) is 72.1 Å². The van der Waals surface area contributed by atoms with Crippen LogP contribution in [-0.2, 0) is 4.74 Å². The number of carbonyl (C=O) groups excluding carboxylic acids is 1. The Hall–Kier alpha value is -3.00. The van der Waals surface area contributed by atoms with Gasteiger partial charge in [-0.1, -0.05) is 12.1 Å². The van der Waals surface area contributed by atoms with Gasteiger partial charge in [0.2, 0.25) is 0 Å². The van der Waals surface area contributed by atoms with Crippen LogP contribution in [-0.4, -0.2) is 50.6 Å². The van der Waals surface area contributed by atoms with Crippen molar-refractivity contribution in [2.45, 2.75) is 32.2 Å². The fourth-order valence-electron chi connectivity index (χ4n) is 3.76. The minimum absolute atomic E-state index is 0.0367. The third-order valence-corrected chi connectivity index (χ3v) is 5.02. The summed E-state index contributed by atoms with van der Waals surface area (Å²) in [5, 5.41) is 5.40. The molecule has 0 spiro atoms. The molecule has 2 heterocycles. The van der Waals surface area contributed by atoms with Crippen LogP contribution in [0.3, 0.4) is 0 Å². The van der Waals surface area contributed by atoms with E-state index >= 15 is 0 Å². The third kappa shape index (κ3) is 4.76. The minimum atomic E-state index is -0.432. The molecule has 2 aromatic carbocycles. The fraction of sp³-hybridized carbons (Fsp3) is 0.409. The summed E-state index contributed by atoms with van der Waals surface area (Å²) in [6.45, 7) is 5.81. The standard InChI is InChI=1S/C22H26FN3O4/c1-14-11-26(12-15(2)29-14)19-8-7-16(9-18(19)23)25-22(27)24-10-17-13-28-20-5-3-4-6-21(20)30-17/h3-9,14-15,17H,10-13H2,1-2H3,(H2,24,25,27). The van der Waals surface area contributed by atoms with Crippen LogP contribution in [0.15, 0.2) is 42.5 Å². The largest absolute Gasteiger partial charge is 0.486 e. The lowest BCUT2D eigenvalue weighted by atomic mass is 10.2. The Kier molecular flexibility index (Phi) is 5.94. The second-order valence-corrected chi connectivity index (χ2v) is 7.66. The van der Waals surface area contributed by atoms with Crippen molar-refractivity contribution < 1.29 is 23.4 Å². The number of amides is 2. The van der Waals surface area contributed by atoms with Gasteiger partial charge in [-0.3, -0.25) is 0 Å². The van der Waals surface area contributed by atoms with Crippen LogP contribution in [0, 0.1) is 5.82 Å².